The molecule has 0 saturated carbocycles. The number of β-lactam (4-membered cyclic amide) rings is 1. The van der Waals surface area contributed by atoms with Crippen molar-refractivity contribution in [1.29, 1.82) is 0 Å². The number of thioether (sulfide) groups is 1. The predicted molar refractivity (Wildman–Crippen MR) is 134 cm³/mol. The molecule has 1 saturated heterocycles. The van der Waals surface area contributed by atoms with Crippen molar-refractivity contribution in [3.05, 3.63) is 59.3 Å². The van der Waals surface area contributed by atoms with E-state index < -0.39 is 35.1 Å². The van der Waals surface area contributed by atoms with Crippen molar-refractivity contribution >= 4 is 57.8 Å². The van der Waals surface area contributed by atoms with Crippen molar-refractivity contribution in [2.45, 2.75) is 24.9 Å². The van der Waals surface area contributed by atoms with Gasteiger partial charge in [0.2, 0.25) is 17.4 Å². The summed E-state index contributed by atoms with van der Waals surface area (Å²) in [7, 11) is 0. The van der Waals surface area contributed by atoms with Crippen LogP contribution in [0.15, 0.2) is 53.1 Å². The number of anilines is 1. The molecule has 0 aromatic carbocycles. The number of aliphatic carboxylic acids is 1. The van der Waals surface area contributed by atoms with Crippen LogP contribution in [0.2, 0.25) is 0 Å². The fourth-order valence-corrected chi connectivity index (χ4v) is 5.43. The number of hydrogen-bond acceptors (Lipinski definition) is 12. The van der Waals surface area contributed by atoms with Crippen LogP contribution in [0, 0.1) is 0 Å². The zero-order valence-electron chi connectivity index (χ0n) is 19.9. The summed E-state index contributed by atoms with van der Waals surface area (Å²) in [5.41, 5.74) is 11.1. The Morgan fingerprint density at radius 1 is 1.37 bits per heavy atom. The van der Waals surface area contributed by atoms with Gasteiger partial charge in [0.1, 0.15) is 18.0 Å². The number of pyridine rings is 1. The molecule has 2 aromatic heterocycles. The van der Waals surface area contributed by atoms with E-state index in [1.165, 1.54) is 11.8 Å². The molecule has 1 unspecified atom stereocenters. The highest BCUT2D eigenvalue weighted by molar-refractivity contribution is 8.00. The highest BCUT2D eigenvalue weighted by Gasteiger charge is 2.53. The lowest BCUT2D eigenvalue weighted by molar-refractivity contribution is -0.687. The Morgan fingerprint density at radius 2 is 2.11 bits per heavy atom. The topological polar surface area (TPSA) is 210 Å². The summed E-state index contributed by atoms with van der Waals surface area (Å²) in [5, 5.41) is 17.7. The molecule has 38 heavy (non-hydrogen) atoms. The van der Waals surface area contributed by atoms with Gasteiger partial charge in [-0.05, 0) is 18.6 Å². The molecule has 0 radical (unpaired) electrons. The zero-order chi connectivity index (χ0) is 27.4. The van der Waals surface area contributed by atoms with Crippen molar-refractivity contribution < 1.29 is 33.7 Å². The van der Waals surface area contributed by atoms with Crippen molar-refractivity contribution in [2.24, 2.45) is 10.9 Å². The Balaban J connectivity index is 1.47. The van der Waals surface area contributed by atoms with Crippen LogP contribution in [0.4, 0.5) is 5.13 Å². The number of hydrogen-bond donors (Lipinski definition) is 3. The SMILES string of the molecule is CCO/N=C(/C(=O)NC1C(=O)N2C(C(=O)[O-])=C(/C=C/C[n+]3ccc(C(N)=O)cc3)CS[C@H]12)c1nsc(N)n1. The van der Waals surface area contributed by atoms with Gasteiger partial charge in [0.25, 0.3) is 11.8 Å². The molecule has 2 atom stereocenters. The fourth-order valence-electron chi connectivity index (χ4n) is 3.67. The Bertz CT molecular complexity index is 1370. The molecule has 198 valence electrons. The summed E-state index contributed by atoms with van der Waals surface area (Å²) in [4.78, 5) is 59.0. The maximum atomic E-state index is 12.9. The van der Waals surface area contributed by atoms with Gasteiger partial charge in [0.15, 0.2) is 24.1 Å². The first-order valence-electron chi connectivity index (χ1n) is 11.2. The number of oxime groups is 1. The average molecular weight is 559 g/mol. The quantitative estimate of drug-likeness (QED) is 0.125. The highest BCUT2D eigenvalue weighted by Crippen LogP contribution is 2.40. The molecule has 2 aromatic rings. The predicted octanol–water partition coefficient (Wildman–Crippen LogP) is -2.09. The van der Waals surface area contributed by atoms with Crippen LogP contribution >= 0.6 is 23.3 Å². The molecule has 1 fully saturated rings. The zero-order valence-corrected chi connectivity index (χ0v) is 21.5. The lowest BCUT2D eigenvalue weighted by Gasteiger charge is -2.50. The summed E-state index contributed by atoms with van der Waals surface area (Å²) in [6, 6.07) is 2.13. The Hall–Kier alpha value is -4.31. The van der Waals surface area contributed by atoms with Crippen LogP contribution in [0.3, 0.4) is 0 Å². The van der Waals surface area contributed by atoms with E-state index in [0.29, 0.717) is 17.7 Å². The summed E-state index contributed by atoms with van der Waals surface area (Å²) >= 11 is 2.16. The van der Waals surface area contributed by atoms with Gasteiger partial charge in [-0.1, -0.05) is 11.2 Å². The largest absolute Gasteiger partial charge is 0.543 e. The number of nitrogen functional groups attached to an aromatic ring is 1. The van der Waals surface area contributed by atoms with Crippen LogP contribution < -0.4 is 26.5 Å². The van der Waals surface area contributed by atoms with Crippen LogP contribution in [-0.2, 0) is 25.8 Å². The molecule has 16 heteroatoms. The van der Waals surface area contributed by atoms with E-state index >= 15 is 0 Å². The number of carbonyl (C=O) groups is 4. The molecule has 2 aliphatic heterocycles. The number of amides is 3. The minimum atomic E-state index is -1.51. The number of primary amides is 1. The molecular formula is C22H22N8O6S2. The Kier molecular flexibility index (Phi) is 8.02. The number of aromatic nitrogens is 3. The number of carbonyl (C=O) groups excluding carboxylic acids is 4. The van der Waals surface area contributed by atoms with Gasteiger partial charge >= 0.3 is 0 Å². The molecule has 0 spiro atoms. The Labute approximate surface area is 224 Å². The van der Waals surface area contributed by atoms with Gasteiger partial charge in [-0.25, -0.2) is 4.57 Å². The normalized spacial score (nSPS) is 19.2. The summed E-state index contributed by atoms with van der Waals surface area (Å²) in [6.45, 7) is 2.23. The van der Waals surface area contributed by atoms with Crippen LogP contribution in [-0.4, -0.2) is 67.4 Å². The minimum absolute atomic E-state index is 0.0525. The van der Waals surface area contributed by atoms with Gasteiger partial charge in [-0.15, -0.1) is 11.8 Å². The number of nitrogens with one attached hydrogen (secondary N) is 1. The lowest BCUT2D eigenvalue weighted by Crippen LogP contribution is -2.71. The molecule has 0 aliphatic carbocycles. The third-order valence-corrected chi connectivity index (χ3v) is 7.29. The van der Waals surface area contributed by atoms with E-state index in [1.807, 2.05) is 0 Å². The van der Waals surface area contributed by atoms with Gasteiger partial charge in [-0.2, -0.15) is 9.36 Å². The fraction of sp³-hybridized carbons (Fsp3) is 0.273. The minimum Gasteiger partial charge on any atom is -0.543 e. The van der Waals surface area contributed by atoms with E-state index in [1.54, 1.807) is 48.2 Å². The van der Waals surface area contributed by atoms with Gasteiger partial charge in [0, 0.05) is 29.4 Å². The van der Waals surface area contributed by atoms with Crippen LogP contribution in [0.25, 0.3) is 0 Å². The van der Waals surface area contributed by atoms with Crippen LogP contribution in [0.5, 0.6) is 0 Å². The van der Waals surface area contributed by atoms with Crippen molar-refractivity contribution in [1.82, 2.24) is 19.6 Å². The molecule has 0 bridgehead atoms. The maximum absolute atomic E-state index is 12.9. The lowest BCUT2D eigenvalue weighted by atomic mass is 10.0. The van der Waals surface area contributed by atoms with Crippen molar-refractivity contribution in [3.63, 3.8) is 0 Å². The number of allylic oxidation sites excluding steroid dienone is 2. The van der Waals surface area contributed by atoms with E-state index in [9.17, 15) is 24.3 Å². The second-order valence-electron chi connectivity index (χ2n) is 7.89. The second kappa shape index (κ2) is 11.4. The number of nitrogens with two attached hydrogens (primary N) is 2. The number of nitrogens with zero attached hydrogens (tertiary/aromatic N) is 5. The Morgan fingerprint density at radius 3 is 2.71 bits per heavy atom. The first-order chi connectivity index (χ1) is 18.2. The van der Waals surface area contributed by atoms with E-state index in [2.05, 4.69) is 19.8 Å². The standard InChI is InChI=1S/C22H22N8O6S2/c1-2-36-27-13(17-26-22(24)38-28-17)18(32)25-14-19(33)30-15(21(34)35)12(10-37-20(14)30)4-3-7-29-8-5-11(6-9-29)16(23)31/h3-6,8-9,14,20H,2,7,10H2,1H3,(H5-,23,24,25,26,28,31,32,34,35)/b4-3+,27-13+/t14?,20-/m1/s1. The molecule has 4 rings (SSSR count). The second-order valence-corrected chi connectivity index (χ2v) is 9.77. The highest BCUT2D eigenvalue weighted by atomic mass is 32.2. The maximum Gasteiger partial charge on any atom is 0.278 e. The number of fused-ring (bicyclic) bond motifs is 1. The van der Waals surface area contributed by atoms with Gasteiger partial charge < -0.3 is 31.5 Å². The van der Waals surface area contributed by atoms with Crippen LogP contribution in [0.1, 0.15) is 23.1 Å². The van der Waals surface area contributed by atoms with Crippen molar-refractivity contribution in [3.8, 4) is 0 Å². The molecule has 14 nitrogen and oxygen atoms in total. The van der Waals surface area contributed by atoms with Gasteiger partial charge in [0.05, 0.1) is 17.2 Å². The number of carboxylic acid groups (broad SMARTS) is 1. The van der Waals surface area contributed by atoms with Gasteiger partial charge in [-0.3, -0.25) is 19.3 Å². The smallest absolute Gasteiger partial charge is 0.278 e. The van der Waals surface area contributed by atoms with Crippen molar-refractivity contribution in [2.75, 3.05) is 18.1 Å². The molecule has 2 aliphatic rings. The third kappa shape index (κ3) is 5.50. The summed E-state index contributed by atoms with van der Waals surface area (Å²) in [6.07, 6.45) is 6.65. The summed E-state index contributed by atoms with van der Waals surface area (Å²) < 4.78 is 5.72. The molecule has 5 N–H and O–H groups in total. The molecule has 3 amide bonds. The van der Waals surface area contributed by atoms with E-state index in [4.69, 9.17) is 16.3 Å². The monoisotopic (exact) mass is 558 g/mol. The molecular weight excluding hydrogens is 536 g/mol. The van der Waals surface area contributed by atoms with E-state index in [0.717, 1.165) is 16.4 Å². The third-order valence-electron chi connectivity index (χ3n) is 5.44. The number of carboxylic acids is 1. The first-order valence-corrected chi connectivity index (χ1v) is 13.0. The summed E-state index contributed by atoms with van der Waals surface area (Å²) in [5.74, 6) is -3.22. The average Bonchev–Trinajstić information content (AvgIpc) is 3.32. The van der Waals surface area contributed by atoms with E-state index in [-0.39, 0.29) is 34.7 Å². The molecule has 4 heterocycles. The number of rotatable bonds is 10. The first kappa shape index (κ1) is 26.7.